The van der Waals surface area contributed by atoms with Gasteiger partial charge in [0.05, 0.1) is 4.90 Å². The molecule has 1 amide bonds. The zero-order chi connectivity index (χ0) is 17.7. The molecule has 0 aliphatic carbocycles. The number of hydrogen-bond donors (Lipinski definition) is 2. The normalized spacial score (nSPS) is 11.3. The smallest absolute Gasteiger partial charge is 0.240 e. The maximum Gasteiger partial charge on any atom is 0.240 e. The molecule has 7 heteroatoms. The summed E-state index contributed by atoms with van der Waals surface area (Å²) in [6, 6.07) is 12.0. The second-order valence-electron chi connectivity index (χ2n) is 5.45. The largest absolute Gasteiger partial charge is 0.326 e. The summed E-state index contributed by atoms with van der Waals surface area (Å²) >= 11 is 3.26. The Morgan fingerprint density at radius 3 is 2.33 bits per heavy atom. The van der Waals surface area contributed by atoms with Crippen molar-refractivity contribution in [3.05, 3.63) is 58.1 Å². The van der Waals surface area contributed by atoms with Gasteiger partial charge >= 0.3 is 0 Å². The van der Waals surface area contributed by atoms with Crippen LogP contribution in [0, 0.1) is 13.8 Å². The Morgan fingerprint density at radius 2 is 1.71 bits per heavy atom. The van der Waals surface area contributed by atoms with Gasteiger partial charge in [-0.25, -0.2) is 13.1 Å². The maximum atomic E-state index is 12.1. The van der Waals surface area contributed by atoms with Crippen molar-refractivity contribution < 1.29 is 13.2 Å². The quantitative estimate of drug-likeness (QED) is 0.766. The van der Waals surface area contributed by atoms with Crippen LogP contribution in [0.25, 0.3) is 0 Å². The zero-order valence-corrected chi connectivity index (χ0v) is 15.9. The van der Waals surface area contributed by atoms with Crippen molar-refractivity contribution in [2.24, 2.45) is 0 Å². The Labute approximate surface area is 150 Å². The maximum absolute atomic E-state index is 12.1. The third-order valence-electron chi connectivity index (χ3n) is 3.56. The molecule has 0 spiro atoms. The van der Waals surface area contributed by atoms with Gasteiger partial charge in [-0.1, -0.05) is 22.0 Å². The van der Waals surface area contributed by atoms with Crippen LogP contribution in [0.5, 0.6) is 0 Å². The zero-order valence-electron chi connectivity index (χ0n) is 13.5. The molecular weight excluding hydrogens is 392 g/mol. The minimum absolute atomic E-state index is 0.0368. The molecule has 0 aliphatic heterocycles. The molecule has 24 heavy (non-hydrogen) atoms. The number of rotatable bonds is 6. The number of anilines is 1. The van der Waals surface area contributed by atoms with E-state index in [1.54, 1.807) is 12.1 Å². The molecular formula is C17H19BrN2O3S. The molecule has 0 saturated carbocycles. The molecule has 0 bridgehead atoms. The number of hydrogen-bond acceptors (Lipinski definition) is 3. The van der Waals surface area contributed by atoms with E-state index in [4.69, 9.17) is 0 Å². The van der Waals surface area contributed by atoms with Crippen LogP contribution in [-0.4, -0.2) is 20.9 Å². The third kappa shape index (κ3) is 5.15. The summed E-state index contributed by atoms with van der Waals surface area (Å²) in [4.78, 5) is 12.1. The van der Waals surface area contributed by atoms with Gasteiger partial charge in [0.2, 0.25) is 15.9 Å². The van der Waals surface area contributed by atoms with E-state index in [9.17, 15) is 13.2 Å². The number of benzene rings is 2. The fraction of sp³-hybridized carbons (Fsp3) is 0.235. The van der Waals surface area contributed by atoms with Crippen molar-refractivity contribution in [2.75, 3.05) is 11.9 Å². The predicted octanol–water partition coefficient (Wildman–Crippen LogP) is 3.37. The summed E-state index contributed by atoms with van der Waals surface area (Å²) in [5.41, 5.74) is 2.94. The van der Waals surface area contributed by atoms with Gasteiger partial charge in [-0.2, -0.15) is 0 Å². The number of amides is 1. The van der Waals surface area contributed by atoms with E-state index in [2.05, 4.69) is 26.0 Å². The van der Waals surface area contributed by atoms with E-state index < -0.39 is 10.0 Å². The lowest BCUT2D eigenvalue weighted by molar-refractivity contribution is -0.116. The first-order valence-electron chi connectivity index (χ1n) is 7.40. The van der Waals surface area contributed by atoms with E-state index in [0.717, 1.165) is 15.6 Å². The lowest BCUT2D eigenvalue weighted by Crippen LogP contribution is -2.27. The number of nitrogens with one attached hydrogen (secondary N) is 2. The Kier molecular flexibility index (Phi) is 6.15. The van der Waals surface area contributed by atoms with Gasteiger partial charge in [-0.05, 0) is 61.4 Å². The molecule has 0 aromatic heterocycles. The van der Waals surface area contributed by atoms with Crippen LogP contribution in [0.1, 0.15) is 17.5 Å². The third-order valence-corrected chi connectivity index (χ3v) is 5.56. The second kappa shape index (κ2) is 7.92. The van der Waals surface area contributed by atoms with Crippen LogP contribution in [0.2, 0.25) is 0 Å². The van der Waals surface area contributed by atoms with Gasteiger partial charge < -0.3 is 5.32 Å². The lowest BCUT2D eigenvalue weighted by atomic mass is 10.1. The first-order valence-corrected chi connectivity index (χ1v) is 9.68. The van der Waals surface area contributed by atoms with Crippen molar-refractivity contribution in [3.8, 4) is 0 Å². The summed E-state index contributed by atoms with van der Waals surface area (Å²) in [5, 5.41) is 2.76. The molecule has 0 atom stereocenters. The average Bonchev–Trinajstić information content (AvgIpc) is 2.51. The van der Waals surface area contributed by atoms with E-state index in [-0.39, 0.29) is 23.8 Å². The number of sulfonamides is 1. The minimum Gasteiger partial charge on any atom is -0.326 e. The van der Waals surface area contributed by atoms with Crippen LogP contribution in [0.3, 0.4) is 0 Å². The van der Waals surface area contributed by atoms with Crippen LogP contribution in [0.15, 0.2) is 51.8 Å². The number of aryl methyl sites for hydroxylation is 2. The van der Waals surface area contributed by atoms with E-state index in [1.807, 2.05) is 32.0 Å². The van der Waals surface area contributed by atoms with Gasteiger partial charge in [0, 0.05) is 23.1 Å². The molecule has 0 unspecified atom stereocenters. The van der Waals surface area contributed by atoms with Gasteiger partial charge in [0.25, 0.3) is 0 Å². The van der Waals surface area contributed by atoms with E-state index in [1.165, 1.54) is 12.1 Å². The lowest BCUT2D eigenvalue weighted by Gasteiger charge is -2.09. The molecule has 5 nitrogen and oxygen atoms in total. The topological polar surface area (TPSA) is 75.3 Å². The number of carbonyl (C=O) groups excluding carboxylic acids is 1. The molecule has 0 saturated heterocycles. The Bertz CT molecular complexity index is 833. The number of halogens is 1. The van der Waals surface area contributed by atoms with E-state index >= 15 is 0 Å². The highest BCUT2D eigenvalue weighted by molar-refractivity contribution is 9.10. The van der Waals surface area contributed by atoms with Crippen molar-refractivity contribution in [3.63, 3.8) is 0 Å². The molecule has 2 aromatic rings. The summed E-state index contributed by atoms with van der Waals surface area (Å²) in [6.45, 7) is 4.00. The van der Waals surface area contributed by atoms with Crippen molar-refractivity contribution in [2.45, 2.75) is 25.2 Å². The Morgan fingerprint density at radius 1 is 1.04 bits per heavy atom. The van der Waals surface area contributed by atoms with Crippen LogP contribution in [0.4, 0.5) is 5.69 Å². The first-order chi connectivity index (χ1) is 11.3. The van der Waals surface area contributed by atoms with E-state index in [0.29, 0.717) is 5.69 Å². The van der Waals surface area contributed by atoms with Crippen molar-refractivity contribution in [1.29, 1.82) is 0 Å². The highest BCUT2D eigenvalue weighted by Crippen LogP contribution is 2.15. The second-order valence-corrected chi connectivity index (χ2v) is 8.13. The molecule has 128 valence electrons. The molecule has 0 heterocycles. The van der Waals surface area contributed by atoms with Crippen LogP contribution < -0.4 is 10.0 Å². The fourth-order valence-electron chi connectivity index (χ4n) is 2.04. The SMILES string of the molecule is Cc1ccc(NC(=O)CCNS(=O)(=O)c2ccc(Br)cc2)cc1C. The Hall–Kier alpha value is -1.70. The van der Waals surface area contributed by atoms with Crippen LogP contribution >= 0.6 is 15.9 Å². The fourth-order valence-corrected chi connectivity index (χ4v) is 3.33. The number of carbonyl (C=O) groups is 1. The highest BCUT2D eigenvalue weighted by Gasteiger charge is 2.14. The highest BCUT2D eigenvalue weighted by atomic mass is 79.9. The molecule has 0 fully saturated rings. The average molecular weight is 411 g/mol. The molecule has 2 aromatic carbocycles. The monoisotopic (exact) mass is 410 g/mol. The minimum atomic E-state index is -3.61. The summed E-state index contributed by atoms with van der Waals surface area (Å²) in [6.07, 6.45) is 0.0582. The summed E-state index contributed by atoms with van der Waals surface area (Å²) in [5.74, 6) is -0.239. The van der Waals surface area contributed by atoms with Crippen LogP contribution in [-0.2, 0) is 14.8 Å². The van der Waals surface area contributed by atoms with Gasteiger partial charge in [-0.15, -0.1) is 0 Å². The Balaban J connectivity index is 1.87. The molecule has 2 rings (SSSR count). The standard InChI is InChI=1S/C17H19BrN2O3S/c1-12-3-6-15(11-13(12)2)20-17(21)9-10-19-24(22,23)16-7-4-14(18)5-8-16/h3-8,11,19H,9-10H2,1-2H3,(H,20,21). The molecule has 0 radical (unpaired) electrons. The van der Waals surface area contributed by atoms with Gasteiger partial charge in [0.1, 0.15) is 0 Å². The molecule has 0 aliphatic rings. The van der Waals surface area contributed by atoms with Gasteiger partial charge in [0.15, 0.2) is 0 Å². The van der Waals surface area contributed by atoms with Gasteiger partial charge in [-0.3, -0.25) is 4.79 Å². The molecule has 2 N–H and O–H groups in total. The predicted molar refractivity (Wildman–Crippen MR) is 98.5 cm³/mol. The van der Waals surface area contributed by atoms with Crippen molar-refractivity contribution >= 4 is 37.5 Å². The summed E-state index contributed by atoms with van der Waals surface area (Å²) < 4.78 is 27.4. The summed E-state index contributed by atoms with van der Waals surface area (Å²) in [7, 11) is -3.61. The van der Waals surface area contributed by atoms with Crippen molar-refractivity contribution in [1.82, 2.24) is 4.72 Å². The first kappa shape index (κ1) is 18.6.